The molecule has 3 heterocycles. The van der Waals surface area contributed by atoms with E-state index in [0.29, 0.717) is 17.2 Å². The number of hydrogen-bond donors (Lipinski definition) is 2. The molecule has 0 spiro atoms. The molecule has 3 aromatic heterocycles. The van der Waals surface area contributed by atoms with Crippen LogP contribution in [-0.2, 0) is 19.6 Å². The van der Waals surface area contributed by atoms with Gasteiger partial charge in [-0.15, -0.1) is 11.3 Å². The molecule has 0 fully saturated rings. The van der Waals surface area contributed by atoms with Gasteiger partial charge in [-0.1, -0.05) is 60.7 Å². The van der Waals surface area contributed by atoms with Crippen LogP contribution in [-0.4, -0.2) is 18.9 Å². The summed E-state index contributed by atoms with van der Waals surface area (Å²) in [5.41, 5.74) is 7.52. The number of H-pyrrole nitrogens is 1. The van der Waals surface area contributed by atoms with Crippen LogP contribution in [0.3, 0.4) is 0 Å². The summed E-state index contributed by atoms with van der Waals surface area (Å²) in [5.74, 6) is 0.0486. The highest BCUT2D eigenvalue weighted by molar-refractivity contribution is 7.15. The number of aromatic amines is 1. The quantitative estimate of drug-likeness (QED) is 0.365. The van der Waals surface area contributed by atoms with E-state index in [1.54, 1.807) is 16.5 Å². The Morgan fingerprint density at radius 3 is 2.34 bits per heavy atom. The lowest BCUT2D eigenvalue weighted by Gasteiger charge is -2.26. The van der Waals surface area contributed by atoms with Crippen LogP contribution in [0.5, 0.6) is 0 Å². The number of nitrogens with two attached hydrogens (primary N) is 1. The third kappa shape index (κ3) is 4.64. The van der Waals surface area contributed by atoms with Crippen LogP contribution in [0.15, 0.2) is 92.7 Å². The van der Waals surface area contributed by atoms with E-state index in [1.165, 1.54) is 26.4 Å². The summed E-state index contributed by atoms with van der Waals surface area (Å²) < 4.78 is 2.81. The van der Waals surface area contributed by atoms with Crippen molar-refractivity contribution in [3.05, 3.63) is 126 Å². The van der Waals surface area contributed by atoms with E-state index in [1.807, 2.05) is 60.7 Å². The highest BCUT2D eigenvalue weighted by Gasteiger charge is 2.21. The average Bonchev–Trinajstić information content (AvgIpc) is 3.32. The molecule has 5 rings (SSSR count). The summed E-state index contributed by atoms with van der Waals surface area (Å²) in [6, 6.07) is 20.4. The third-order valence-corrected chi connectivity index (χ3v) is 6.40. The van der Waals surface area contributed by atoms with Crippen molar-refractivity contribution in [3.63, 3.8) is 0 Å². The minimum Gasteiger partial charge on any atom is -0.383 e. The highest BCUT2D eigenvalue weighted by atomic mass is 32.1. The fourth-order valence-corrected chi connectivity index (χ4v) is 4.73. The molecule has 0 saturated carbocycles. The van der Waals surface area contributed by atoms with Gasteiger partial charge in [-0.3, -0.25) is 23.5 Å². The Morgan fingerprint density at radius 1 is 0.943 bits per heavy atom. The Kier molecular flexibility index (Phi) is 6.02. The van der Waals surface area contributed by atoms with Gasteiger partial charge in [0.15, 0.2) is 4.96 Å². The van der Waals surface area contributed by atoms with Gasteiger partial charge in [-0.2, -0.15) is 0 Å². The zero-order chi connectivity index (χ0) is 24.4. The molecule has 9 nitrogen and oxygen atoms in total. The second-order valence-corrected chi connectivity index (χ2v) is 8.92. The van der Waals surface area contributed by atoms with Crippen molar-refractivity contribution in [1.82, 2.24) is 18.9 Å². The minimum atomic E-state index is -0.596. The molecule has 3 N–H and O–H groups in total. The standard InChI is InChI=1S/C25H22N6O3S/c26-22-21(23(33)28-24(34)31(22)15-18-9-5-2-6-10-18)29(14-17-7-3-1-4-8-17)16-19-13-20(32)30-11-12-35-25(30)27-19/h1-13H,14-16,26H2,(H,28,33,34). The number of thiazole rings is 1. The van der Waals surface area contributed by atoms with Crippen LogP contribution in [0.25, 0.3) is 4.96 Å². The number of nitrogen functional groups attached to an aromatic ring is 1. The van der Waals surface area contributed by atoms with E-state index in [2.05, 4.69) is 9.97 Å². The molecule has 0 radical (unpaired) electrons. The van der Waals surface area contributed by atoms with Crippen molar-refractivity contribution in [2.24, 2.45) is 0 Å². The van der Waals surface area contributed by atoms with Crippen molar-refractivity contribution in [3.8, 4) is 0 Å². The predicted octanol–water partition coefficient (Wildman–Crippen LogP) is 2.44. The zero-order valence-corrected chi connectivity index (χ0v) is 19.4. The van der Waals surface area contributed by atoms with Crippen molar-refractivity contribution in [1.29, 1.82) is 0 Å². The molecule has 2 aromatic carbocycles. The van der Waals surface area contributed by atoms with Crippen molar-refractivity contribution in [2.75, 3.05) is 10.6 Å². The first-order valence-electron chi connectivity index (χ1n) is 10.9. The molecule has 0 bridgehead atoms. The molecule has 0 atom stereocenters. The number of rotatable bonds is 7. The first kappa shape index (κ1) is 22.4. The molecule has 0 aliphatic heterocycles. The fourth-order valence-electron chi connectivity index (χ4n) is 3.99. The maximum atomic E-state index is 13.1. The SMILES string of the molecule is Nc1c(N(Cc2ccccc2)Cc2cc(=O)n3ccsc3n2)c(=O)[nH]c(=O)n1Cc1ccccc1. The molecular formula is C25H22N6O3S. The summed E-state index contributed by atoms with van der Waals surface area (Å²) in [4.78, 5) is 47.6. The van der Waals surface area contributed by atoms with Crippen LogP contribution in [0.2, 0.25) is 0 Å². The van der Waals surface area contributed by atoms with Gasteiger partial charge in [0.1, 0.15) is 11.5 Å². The molecule has 0 unspecified atom stereocenters. The van der Waals surface area contributed by atoms with E-state index < -0.39 is 11.2 Å². The molecular weight excluding hydrogens is 464 g/mol. The monoisotopic (exact) mass is 486 g/mol. The average molecular weight is 487 g/mol. The molecule has 0 aliphatic rings. The lowest BCUT2D eigenvalue weighted by atomic mass is 10.2. The molecule has 5 aromatic rings. The van der Waals surface area contributed by atoms with Gasteiger partial charge in [-0.25, -0.2) is 9.78 Å². The Morgan fingerprint density at radius 2 is 1.63 bits per heavy atom. The highest BCUT2D eigenvalue weighted by Crippen LogP contribution is 2.22. The Bertz CT molecular complexity index is 1650. The van der Waals surface area contributed by atoms with Crippen molar-refractivity contribution >= 4 is 27.8 Å². The second kappa shape index (κ2) is 9.43. The third-order valence-electron chi connectivity index (χ3n) is 5.64. The first-order chi connectivity index (χ1) is 17.0. The van der Waals surface area contributed by atoms with E-state index in [9.17, 15) is 14.4 Å². The number of anilines is 2. The fraction of sp³-hybridized carbons (Fsp3) is 0.120. The van der Waals surface area contributed by atoms with Gasteiger partial charge in [-0.05, 0) is 11.1 Å². The lowest BCUT2D eigenvalue weighted by molar-refractivity contribution is 0.708. The number of fused-ring (bicyclic) bond motifs is 1. The summed E-state index contributed by atoms with van der Waals surface area (Å²) >= 11 is 1.35. The minimum absolute atomic E-state index is 0.0486. The van der Waals surface area contributed by atoms with Crippen LogP contribution in [0.4, 0.5) is 11.5 Å². The number of nitrogens with one attached hydrogen (secondary N) is 1. The Balaban J connectivity index is 1.61. The maximum Gasteiger partial charge on any atom is 0.330 e. The molecule has 10 heteroatoms. The van der Waals surface area contributed by atoms with Gasteiger partial charge in [0.2, 0.25) is 0 Å². The lowest BCUT2D eigenvalue weighted by Crippen LogP contribution is -2.38. The van der Waals surface area contributed by atoms with Gasteiger partial charge in [0, 0.05) is 24.2 Å². The summed E-state index contributed by atoms with van der Waals surface area (Å²) in [6.45, 7) is 0.674. The van der Waals surface area contributed by atoms with Crippen molar-refractivity contribution < 1.29 is 0 Å². The van der Waals surface area contributed by atoms with Gasteiger partial charge < -0.3 is 10.6 Å². The Hall–Kier alpha value is -4.44. The summed E-state index contributed by atoms with van der Waals surface area (Å²) in [5, 5.41) is 1.79. The topological polar surface area (TPSA) is 118 Å². The van der Waals surface area contributed by atoms with Gasteiger partial charge in [0.25, 0.3) is 11.1 Å². The largest absolute Gasteiger partial charge is 0.383 e. The zero-order valence-electron chi connectivity index (χ0n) is 18.6. The molecule has 0 aliphatic carbocycles. The van der Waals surface area contributed by atoms with Crippen LogP contribution >= 0.6 is 11.3 Å². The van der Waals surface area contributed by atoms with Crippen LogP contribution in [0.1, 0.15) is 16.8 Å². The van der Waals surface area contributed by atoms with E-state index >= 15 is 0 Å². The van der Waals surface area contributed by atoms with Crippen LogP contribution < -0.4 is 27.4 Å². The van der Waals surface area contributed by atoms with Gasteiger partial charge in [0.05, 0.1) is 18.8 Å². The number of benzene rings is 2. The summed E-state index contributed by atoms with van der Waals surface area (Å²) in [6.07, 6.45) is 1.67. The number of nitrogens with zero attached hydrogens (tertiary/aromatic N) is 4. The van der Waals surface area contributed by atoms with E-state index in [-0.39, 0.29) is 30.2 Å². The number of hydrogen-bond acceptors (Lipinski definition) is 7. The van der Waals surface area contributed by atoms with Gasteiger partial charge >= 0.3 is 5.69 Å². The maximum absolute atomic E-state index is 13.1. The van der Waals surface area contributed by atoms with E-state index in [0.717, 1.165) is 11.1 Å². The molecule has 0 saturated heterocycles. The Labute approximate surface area is 203 Å². The smallest absolute Gasteiger partial charge is 0.330 e. The predicted molar refractivity (Wildman–Crippen MR) is 137 cm³/mol. The molecule has 35 heavy (non-hydrogen) atoms. The van der Waals surface area contributed by atoms with Crippen LogP contribution in [0, 0.1) is 0 Å². The number of aromatic nitrogens is 4. The normalized spacial score (nSPS) is 11.1. The first-order valence-corrected chi connectivity index (χ1v) is 11.8. The van der Waals surface area contributed by atoms with Crippen molar-refractivity contribution in [2.45, 2.75) is 19.6 Å². The molecule has 0 amide bonds. The molecule has 176 valence electrons. The second-order valence-electron chi connectivity index (χ2n) is 8.05. The summed E-state index contributed by atoms with van der Waals surface area (Å²) in [7, 11) is 0. The van der Waals surface area contributed by atoms with E-state index in [4.69, 9.17) is 5.73 Å².